The van der Waals surface area contributed by atoms with Crippen molar-refractivity contribution in [1.29, 1.82) is 0 Å². The molecule has 0 atom stereocenters. The molecule has 0 spiro atoms. The number of carbonyl (C=O) groups is 1. The van der Waals surface area contributed by atoms with E-state index in [2.05, 4.69) is 10.5 Å². The lowest BCUT2D eigenvalue weighted by molar-refractivity contribution is 0.0955. The third-order valence-corrected chi connectivity index (χ3v) is 4.29. The molecule has 0 aliphatic heterocycles. The molecule has 4 nitrogen and oxygen atoms in total. The molecule has 3 aromatic carbocycles. The van der Waals surface area contributed by atoms with Crippen LogP contribution in [0.15, 0.2) is 71.8 Å². The third kappa shape index (κ3) is 4.92. The molecule has 0 aliphatic carbocycles. The van der Waals surface area contributed by atoms with Gasteiger partial charge in [0, 0.05) is 16.1 Å². The van der Waals surface area contributed by atoms with Gasteiger partial charge in [-0.2, -0.15) is 5.10 Å². The Morgan fingerprint density at radius 2 is 1.85 bits per heavy atom. The Morgan fingerprint density at radius 3 is 2.59 bits per heavy atom. The largest absolute Gasteiger partial charge is 0.507 e. The van der Waals surface area contributed by atoms with Crippen LogP contribution in [0.5, 0.6) is 5.75 Å². The van der Waals surface area contributed by atoms with Crippen LogP contribution in [0.25, 0.3) is 0 Å². The first-order valence-electron chi connectivity index (χ1n) is 8.17. The van der Waals surface area contributed by atoms with Gasteiger partial charge in [0.1, 0.15) is 11.6 Å². The van der Waals surface area contributed by atoms with E-state index in [0.29, 0.717) is 17.0 Å². The first-order chi connectivity index (χ1) is 13.0. The molecule has 3 aromatic rings. The highest BCUT2D eigenvalue weighted by Crippen LogP contribution is 2.22. The van der Waals surface area contributed by atoms with Crippen LogP contribution >= 0.6 is 11.6 Å². The lowest BCUT2D eigenvalue weighted by atomic mass is 10.0. The number of nitrogens with zero attached hydrogens (tertiary/aromatic N) is 1. The van der Waals surface area contributed by atoms with E-state index in [4.69, 9.17) is 11.6 Å². The van der Waals surface area contributed by atoms with Crippen molar-refractivity contribution in [2.45, 2.75) is 6.42 Å². The van der Waals surface area contributed by atoms with Gasteiger partial charge in [-0.3, -0.25) is 4.79 Å². The molecular weight excluding hydrogens is 367 g/mol. The van der Waals surface area contributed by atoms with Crippen molar-refractivity contribution in [2.75, 3.05) is 0 Å². The minimum atomic E-state index is -0.474. The van der Waals surface area contributed by atoms with Crippen molar-refractivity contribution in [3.8, 4) is 5.75 Å². The molecule has 0 aliphatic rings. The molecule has 3 rings (SSSR count). The molecule has 0 bridgehead atoms. The van der Waals surface area contributed by atoms with Gasteiger partial charge in [0.2, 0.25) is 0 Å². The predicted octanol–water partition coefficient (Wildman–Crippen LogP) is 4.54. The monoisotopic (exact) mass is 382 g/mol. The Kier molecular flexibility index (Phi) is 5.84. The van der Waals surface area contributed by atoms with E-state index in [9.17, 15) is 14.3 Å². The molecule has 0 unspecified atom stereocenters. The summed E-state index contributed by atoms with van der Waals surface area (Å²) < 4.78 is 12.9. The first-order valence-corrected chi connectivity index (χ1v) is 8.55. The number of nitrogens with one attached hydrogen (secondary N) is 1. The molecule has 6 heteroatoms. The zero-order valence-electron chi connectivity index (χ0n) is 14.2. The van der Waals surface area contributed by atoms with Gasteiger partial charge in [-0.25, -0.2) is 9.82 Å². The van der Waals surface area contributed by atoms with E-state index in [1.165, 1.54) is 30.5 Å². The molecule has 27 heavy (non-hydrogen) atoms. The maximum atomic E-state index is 12.9. The zero-order valence-corrected chi connectivity index (χ0v) is 14.9. The number of rotatable bonds is 5. The van der Waals surface area contributed by atoms with Crippen LogP contribution in [0, 0.1) is 5.82 Å². The zero-order chi connectivity index (χ0) is 19.2. The maximum Gasteiger partial charge on any atom is 0.271 e. The quantitative estimate of drug-likeness (QED) is 0.502. The Hall–Kier alpha value is -3.18. The molecule has 136 valence electrons. The predicted molar refractivity (Wildman–Crippen MR) is 104 cm³/mol. The molecule has 2 N–H and O–H groups in total. The van der Waals surface area contributed by atoms with E-state index in [-0.39, 0.29) is 11.3 Å². The standard InChI is InChI=1S/C21H16ClFN2O2/c22-19-4-2-1-3-16(19)11-14-5-10-20(26)17(12-14)13-24-25-21(27)15-6-8-18(23)9-7-15/h1-10,12-13,26H,11H2,(H,25,27)/b24-13+. The molecule has 0 aromatic heterocycles. The highest BCUT2D eigenvalue weighted by Gasteiger charge is 2.06. The summed E-state index contributed by atoms with van der Waals surface area (Å²) in [6, 6.07) is 17.8. The minimum Gasteiger partial charge on any atom is -0.507 e. The Bertz CT molecular complexity index is 988. The number of phenolic OH excluding ortho intramolecular Hbond substituents is 1. The molecule has 0 fully saturated rings. The number of amides is 1. The second kappa shape index (κ2) is 8.47. The Morgan fingerprint density at radius 1 is 1.11 bits per heavy atom. The summed E-state index contributed by atoms with van der Waals surface area (Å²) >= 11 is 6.18. The molecular formula is C21H16ClFN2O2. The van der Waals surface area contributed by atoms with Gasteiger partial charge in [0.05, 0.1) is 6.21 Å². The number of hydrazone groups is 1. The number of halogens is 2. The fourth-order valence-corrected chi connectivity index (χ4v) is 2.71. The summed E-state index contributed by atoms with van der Waals surface area (Å²) in [6.45, 7) is 0. The van der Waals surface area contributed by atoms with Crippen molar-refractivity contribution in [2.24, 2.45) is 5.10 Å². The summed E-state index contributed by atoms with van der Waals surface area (Å²) in [4.78, 5) is 12.0. The van der Waals surface area contributed by atoms with E-state index >= 15 is 0 Å². The van der Waals surface area contributed by atoms with E-state index in [0.717, 1.165) is 11.1 Å². The van der Waals surface area contributed by atoms with Crippen molar-refractivity contribution in [1.82, 2.24) is 5.43 Å². The lowest BCUT2D eigenvalue weighted by Crippen LogP contribution is -2.17. The highest BCUT2D eigenvalue weighted by molar-refractivity contribution is 6.31. The summed E-state index contributed by atoms with van der Waals surface area (Å²) in [7, 11) is 0. The van der Waals surface area contributed by atoms with Gasteiger partial charge in [-0.1, -0.05) is 35.9 Å². The van der Waals surface area contributed by atoms with Gasteiger partial charge in [0.25, 0.3) is 5.91 Å². The fraction of sp³-hybridized carbons (Fsp3) is 0.0476. The van der Waals surface area contributed by atoms with Crippen LogP contribution in [0.4, 0.5) is 4.39 Å². The van der Waals surface area contributed by atoms with Crippen LogP contribution < -0.4 is 5.43 Å². The number of carbonyl (C=O) groups excluding carboxylic acids is 1. The summed E-state index contributed by atoms with van der Waals surface area (Å²) in [5, 5.41) is 14.5. The molecule has 0 saturated heterocycles. The molecule has 0 saturated carbocycles. The smallest absolute Gasteiger partial charge is 0.271 e. The topological polar surface area (TPSA) is 61.7 Å². The minimum absolute atomic E-state index is 0.0395. The molecule has 0 radical (unpaired) electrons. The molecule has 0 heterocycles. The second-order valence-electron chi connectivity index (χ2n) is 5.87. The Labute approximate surface area is 160 Å². The van der Waals surface area contributed by atoms with Gasteiger partial charge >= 0.3 is 0 Å². The van der Waals surface area contributed by atoms with E-state index in [1.807, 2.05) is 24.3 Å². The number of aromatic hydroxyl groups is 1. The van der Waals surface area contributed by atoms with Gasteiger partial charge in [0.15, 0.2) is 0 Å². The van der Waals surface area contributed by atoms with E-state index < -0.39 is 11.7 Å². The average molecular weight is 383 g/mol. The van der Waals surface area contributed by atoms with Gasteiger partial charge in [-0.15, -0.1) is 0 Å². The normalized spacial score (nSPS) is 10.9. The van der Waals surface area contributed by atoms with Crippen molar-refractivity contribution in [3.05, 3.63) is 99.8 Å². The number of benzene rings is 3. The van der Waals surface area contributed by atoms with Crippen LogP contribution in [0.2, 0.25) is 5.02 Å². The number of hydrogen-bond donors (Lipinski definition) is 2. The average Bonchev–Trinajstić information content (AvgIpc) is 2.66. The second-order valence-corrected chi connectivity index (χ2v) is 6.27. The summed E-state index contributed by atoms with van der Waals surface area (Å²) in [5.74, 6) is -0.856. The number of hydrogen-bond acceptors (Lipinski definition) is 3. The number of phenols is 1. The SMILES string of the molecule is O=C(N/N=C/c1cc(Cc2ccccc2Cl)ccc1O)c1ccc(F)cc1. The summed E-state index contributed by atoms with van der Waals surface area (Å²) in [5.41, 5.74) is 5.00. The van der Waals surface area contributed by atoms with E-state index in [1.54, 1.807) is 18.2 Å². The lowest BCUT2D eigenvalue weighted by Gasteiger charge is -2.07. The first kappa shape index (κ1) is 18.6. The van der Waals surface area contributed by atoms with Crippen LogP contribution in [0.1, 0.15) is 27.0 Å². The van der Waals surface area contributed by atoms with Crippen LogP contribution in [0.3, 0.4) is 0 Å². The Balaban J connectivity index is 1.70. The van der Waals surface area contributed by atoms with Crippen molar-refractivity contribution in [3.63, 3.8) is 0 Å². The van der Waals surface area contributed by atoms with Crippen LogP contribution in [-0.2, 0) is 6.42 Å². The molecule has 1 amide bonds. The highest BCUT2D eigenvalue weighted by atomic mass is 35.5. The maximum absolute atomic E-state index is 12.9. The van der Waals surface area contributed by atoms with Crippen LogP contribution in [-0.4, -0.2) is 17.2 Å². The van der Waals surface area contributed by atoms with Gasteiger partial charge < -0.3 is 5.11 Å². The van der Waals surface area contributed by atoms with Gasteiger partial charge in [-0.05, 0) is 60.0 Å². The third-order valence-electron chi connectivity index (χ3n) is 3.92. The fourth-order valence-electron chi connectivity index (χ4n) is 2.51. The summed E-state index contributed by atoms with van der Waals surface area (Å²) in [6.07, 6.45) is 1.95. The van der Waals surface area contributed by atoms with Crippen molar-refractivity contribution >= 4 is 23.7 Å². The van der Waals surface area contributed by atoms with Crippen molar-refractivity contribution < 1.29 is 14.3 Å².